The number of anilines is 1. The molecule has 0 fully saturated rings. The van der Waals surface area contributed by atoms with Crippen molar-refractivity contribution in [1.82, 2.24) is 0 Å². The fourth-order valence-electron chi connectivity index (χ4n) is 2.82. The molecule has 1 aliphatic rings. The van der Waals surface area contributed by atoms with Crippen LogP contribution in [0, 0.1) is 28.1 Å². The molecule has 0 spiro atoms. The van der Waals surface area contributed by atoms with E-state index in [0.29, 0.717) is 0 Å². The monoisotopic (exact) mass is 361 g/mol. The van der Waals surface area contributed by atoms with E-state index in [-0.39, 0.29) is 16.3 Å². The van der Waals surface area contributed by atoms with Gasteiger partial charge in [-0.25, -0.2) is 0 Å². The lowest BCUT2D eigenvalue weighted by molar-refractivity contribution is -0.150. The second kappa shape index (κ2) is 6.08. The van der Waals surface area contributed by atoms with Crippen LogP contribution < -0.4 is 4.90 Å². The number of amides is 1. The number of carboxylic acid groups (broad SMARTS) is 1. The van der Waals surface area contributed by atoms with Gasteiger partial charge in [-0.05, 0) is 25.1 Å². The molecule has 0 saturated heterocycles. The summed E-state index contributed by atoms with van der Waals surface area (Å²) < 4.78 is 4.54. The number of methoxy groups -OCH3 is 1. The molecular formula is C16H12ClN3O5. The molecule has 2 rings (SSSR count). The Balaban J connectivity index is 2.84. The minimum atomic E-state index is -2.40. The van der Waals surface area contributed by atoms with Crippen molar-refractivity contribution in [3.8, 4) is 12.1 Å². The van der Waals surface area contributed by atoms with Crippen LogP contribution in [0.4, 0.5) is 5.69 Å². The molecule has 2 unspecified atom stereocenters. The first-order valence-electron chi connectivity index (χ1n) is 6.94. The summed E-state index contributed by atoms with van der Waals surface area (Å²) in [5, 5.41) is 28.9. The molecule has 1 aliphatic heterocycles. The number of hydrogen-bond donors (Lipinski definition) is 1. The van der Waals surface area contributed by atoms with Crippen LogP contribution in [0.15, 0.2) is 18.2 Å². The van der Waals surface area contributed by atoms with E-state index in [4.69, 9.17) is 11.6 Å². The van der Waals surface area contributed by atoms with Crippen LogP contribution in [-0.2, 0) is 24.5 Å². The Bertz CT molecular complexity index is 872. The highest BCUT2D eigenvalue weighted by Crippen LogP contribution is 2.52. The molecule has 9 heteroatoms. The van der Waals surface area contributed by atoms with Gasteiger partial charge in [0.05, 0.1) is 19.2 Å². The van der Waals surface area contributed by atoms with Crippen molar-refractivity contribution < 1.29 is 24.2 Å². The number of carboxylic acids is 1. The third kappa shape index (κ3) is 2.31. The van der Waals surface area contributed by atoms with Crippen molar-refractivity contribution in [2.45, 2.75) is 12.3 Å². The molecule has 1 heterocycles. The van der Waals surface area contributed by atoms with Gasteiger partial charge in [-0.15, -0.1) is 0 Å². The molecule has 8 nitrogen and oxygen atoms in total. The quantitative estimate of drug-likeness (QED) is 0.797. The third-order valence-corrected chi connectivity index (χ3v) is 4.54. The molecule has 25 heavy (non-hydrogen) atoms. The second-order valence-electron chi connectivity index (χ2n) is 5.53. The van der Waals surface area contributed by atoms with Crippen molar-refractivity contribution in [1.29, 1.82) is 10.5 Å². The summed E-state index contributed by atoms with van der Waals surface area (Å²) in [6, 6.07) is 7.33. The van der Waals surface area contributed by atoms with E-state index in [1.165, 1.54) is 18.2 Å². The number of halogens is 1. The Labute approximate surface area is 147 Å². The summed E-state index contributed by atoms with van der Waals surface area (Å²) in [6.07, 6.45) is 0. The highest BCUT2D eigenvalue weighted by atomic mass is 35.5. The van der Waals surface area contributed by atoms with Crippen molar-refractivity contribution in [2.24, 2.45) is 5.41 Å². The molecule has 128 valence electrons. The number of esters is 1. The van der Waals surface area contributed by atoms with Crippen molar-refractivity contribution in [3.63, 3.8) is 0 Å². The number of rotatable bonds is 4. The molecule has 0 bridgehead atoms. The van der Waals surface area contributed by atoms with Gasteiger partial charge >= 0.3 is 11.9 Å². The average molecular weight is 362 g/mol. The fourth-order valence-corrected chi connectivity index (χ4v) is 2.99. The first kappa shape index (κ1) is 18.2. The van der Waals surface area contributed by atoms with Gasteiger partial charge in [-0.3, -0.25) is 19.3 Å². The van der Waals surface area contributed by atoms with Crippen LogP contribution in [-0.4, -0.2) is 36.6 Å². The summed E-state index contributed by atoms with van der Waals surface area (Å²) in [5.74, 6) is -3.41. The standard InChI is InChI=1S/C16H12ClN3O5/c1-15(7-18,14(23)24)16(8-19)10-5-9(17)3-4-11(10)20(13(16)22)6-12(21)25-2/h3-5H,6H2,1-2H3,(H,23,24). The maximum atomic E-state index is 13.0. The molecule has 1 aromatic rings. The van der Waals surface area contributed by atoms with Gasteiger partial charge in [0.15, 0.2) is 10.8 Å². The Hall–Kier alpha value is -3.10. The summed E-state index contributed by atoms with van der Waals surface area (Å²) in [7, 11) is 1.12. The SMILES string of the molecule is COC(=O)CN1C(=O)C(C#N)(C(C)(C#N)C(=O)O)c2cc(Cl)ccc21. The number of nitriles is 2. The molecule has 1 amide bonds. The van der Waals surface area contributed by atoms with Crippen LogP contribution in [0.1, 0.15) is 12.5 Å². The minimum absolute atomic E-state index is 0.0390. The zero-order chi connectivity index (χ0) is 19.0. The lowest BCUT2D eigenvalue weighted by atomic mass is 9.62. The Morgan fingerprint density at radius 1 is 1.44 bits per heavy atom. The number of carbonyl (C=O) groups excluding carboxylic acids is 2. The summed E-state index contributed by atoms with van der Waals surface area (Å²) in [6.45, 7) is 0.456. The summed E-state index contributed by atoms with van der Waals surface area (Å²) in [4.78, 5) is 37.4. The molecule has 0 aromatic heterocycles. The normalized spacial score (nSPS) is 20.8. The van der Waals surface area contributed by atoms with Gasteiger partial charge in [0, 0.05) is 16.3 Å². The van der Waals surface area contributed by atoms with E-state index in [1.807, 2.05) is 0 Å². The lowest BCUT2D eigenvalue weighted by Crippen LogP contribution is -2.54. The smallest absolute Gasteiger partial charge is 0.326 e. The highest BCUT2D eigenvalue weighted by Gasteiger charge is 2.67. The number of fused-ring (bicyclic) bond motifs is 1. The molecule has 1 N–H and O–H groups in total. The summed E-state index contributed by atoms with van der Waals surface area (Å²) in [5.41, 5.74) is -4.67. The van der Waals surface area contributed by atoms with Crippen LogP contribution in [0.25, 0.3) is 0 Å². The molecule has 0 radical (unpaired) electrons. The molecule has 0 saturated carbocycles. The average Bonchev–Trinajstić information content (AvgIpc) is 2.82. The number of aliphatic carboxylic acids is 1. The highest BCUT2D eigenvalue weighted by molar-refractivity contribution is 6.31. The first-order chi connectivity index (χ1) is 11.7. The van der Waals surface area contributed by atoms with Gasteiger partial charge in [0.1, 0.15) is 6.54 Å². The largest absolute Gasteiger partial charge is 0.480 e. The van der Waals surface area contributed by atoms with Crippen LogP contribution in [0.2, 0.25) is 5.02 Å². The van der Waals surface area contributed by atoms with Crippen LogP contribution in [0.5, 0.6) is 0 Å². The second-order valence-corrected chi connectivity index (χ2v) is 5.97. The number of benzene rings is 1. The van der Waals surface area contributed by atoms with E-state index in [2.05, 4.69) is 4.74 Å². The van der Waals surface area contributed by atoms with Crippen molar-refractivity contribution >= 4 is 35.1 Å². The predicted octanol–water partition coefficient (Wildman–Crippen LogP) is 1.24. The predicted molar refractivity (Wildman–Crippen MR) is 84.5 cm³/mol. The zero-order valence-electron chi connectivity index (χ0n) is 13.2. The van der Waals surface area contributed by atoms with E-state index in [1.54, 1.807) is 12.1 Å². The van der Waals surface area contributed by atoms with Crippen LogP contribution >= 0.6 is 11.6 Å². The summed E-state index contributed by atoms with van der Waals surface area (Å²) >= 11 is 5.95. The number of nitrogens with zero attached hydrogens (tertiary/aromatic N) is 3. The number of carbonyl (C=O) groups is 3. The Morgan fingerprint density at radius 3 is 2.56 bits per heavy atom. The number of hydrogen-bond acceptors (Lipinski definition) is 6. The topological polar surface area (TPSA) is 131 Å². The van der Waals surface area contributed by atoms with E-state index >= 15 is 0 Å². The first-order valence-corrected chi connectivity index (χ1v) is 7.32. The third-order valence-electron chi connectivity index (χ3n) is 4.30. The van der Waals surface area contributed by atoms with Gasteiger partial charge in [0.25, 0.3) is 5.91 Å². The molecule has 1 aromatic carbocycles. The fraction of sp³-hybridized carbons (Fsp3) is 0.312. The van der Waals surface area contributed by atoms with E-state index < -0.39 is 35.2 Å². The van der Waals surface area contributed by atoms with Crippen molar-refractivity contribution in [2.75, 3.05) is 18.6 Å². The van der Waals surface area contributed by atoms with Crippen molar-refractivity contribution in [3.05, 3.63) is 28.8 Å². The Kier molecular flexibility index (Phi) is 4.44. The number of ether oxygens (including phenoxy) is 1. The van der Waals surface area contributed by atoms with Gasteiger partial charge in [0.2, 0.25) is 0 Å². The zero-order valence-corrected chi connectivity index (χ0v) is 14.0. The maximum Gasteiger partial charge on any atom is 0.326 e. The van der Waals surface area contributed by atoms with Gasteiger partial charge < -0.3 is 9.84 Å². The Morgan fingerprint density at radius 2 is 2.08 bits per heavy atom. The minimum Gasteiger partial charge on any atom is -0.480 e. The molecule has 0 aliphatic carbocycles. The van der Waals surface area contributed by atoms with E-state index in [9.17, 15) is 30.0 Å². The van der Waals surface area contributed by atoms with Gasteiger partial charge in [-0.2, -0.15) is 10.5 Å². The lowest BCUT2D eigenvalue weighted by Gasteiger charge is -2.31. The van der Waals surface area contributed by atoms with E-state index in [0.717, 1.165) is 18.9 Å². The maximum absolute atomic E-state index is 13.0. The molecule has 2 atom stereocenters. The molecular weight excluding hydrogens is 350 g/mol. The van der Waals surface area contributed by atoms with Gasteiger partial charge in [-0.1, -0.05) is 11.6 Å². The van der Waals surface area contributed by atoms with Crippen LogP contribution in [0.3, 0.4) is 0 Å².